The van der Waals surface area contributed by atoms with Gasteiger partial charge in [0.15, 0.2) is 16.6 Å². The molecule has 2 aromatic heterocycles. The van der Waals surface area contributed by atoms with Crippen LogP contribution in [0.2, 0.25) is 0 Å². The predicted octanol–water partition coefficient (Wildman–Crippen LogP) is 2.34. The van der Waals surface area contributed by atoms with Crippen LogP contribution in [0.15, 0.2) is 24.3 Å². The zero-order valence-electron chi connectivity index (χ0n) is 18.7. The highest BCUT2D eigenvalue weighted by Crippen LogP contribution is 2.38. The van der Waals surface area contributed by atoms with Gasteiger partial charge in [-0.15, -0.1) is 0 Å². The predicted molar refractivity (Wildman–Crippen MR) is 122 cm³/mol. The van der Waals surface area contributed by atoms with E-state index in [2.05, 4.69) is 13.9 Å². The molecule has 0 unspecified atom stereocenters. The monoisotopic (exact) mass is 469 g/mol. The lowest BCUT2D eigenvalue weighted by Crippen LogP contribution is -2.50. The molecule has 33 heavy (non-hydrogen) atoms. The van der Waals surface area contributed by atoms with Gasteiger partial charge in [-0.05, 0) is 56.7 Å². The van der Waals surface area contributed by atoms with Crippen molar-refractivity contribution in [1.29, 1.82) is 0 Å². The molecule has 0 saturated carbocycles. The summed E-state index contributed by atoms with van der Waals surface area (Å²) in [6.45, 7) is 6.30. The largest absolute Gasteiger partial charge is 0.328 e. The first-order valence-electron chi connectivity index (χ1n) is 10.8. The number of aryl methyl sites for hydroxylation is 1. The number of halogens is 1. The van der Waals surface area contributed by atoms with E-state index < -0.39 is 0 Å². The third-order valence-electron chi connectivity index (χ3n) is 6.15. The highest BCUT2D eigenvalue weighted by molar-refractivity contribution is 7.09. The Morgan fingerprint density at radius 3 is 2.55 bits per heavy atom. The van der Waals surface area contributed by atoms with Gasteiger partial charge in [0.2, 0.25) is 5.91 Å². The minimum absolute atomic E-state index is 0.0289. The van der Waals surface area contributed by atoms with E-state index in [1.54, 1.807) is 9.80 Å². The molecule has 3 aromatic rings. The molecule has 0 bridgehead atoms. The van der Waals surface area contributed by atoms with Crippen molar-refractivity contribution in [3.8, 4) is 10.8 Å². The number of amides is 2. The van der Waals surface area contributed by atoms with Gasteiger partial charge in [0.25, 0.3) is 5.91 Å². The number of hydrogen-bond acceptors (Lipinski definition) is 7. The Bertz CT molecular complexity index is 1220. The maximum absolute atomic E-state index is 13.4. The van der Waals surface area contributed by atoms with Crippen LogP contribution in [0.4, 0.5) is 10.2 Å². The highest BCUT2D eigenvalue weighted by Gasteiger charge is 2.38. The summed E-state index contributed by atoms with van der Waals surface area (Å²) in [7, 11) is 1.92. The standard InChI is InChI=1S/C22H24FN7O2S/c1-13-18-19(29-9-8-27(3)12-17(29)31)25-20(21-24-14(2)26-33-21)30(18)11-10-28(13)22(32)15-4-6-16(23)7-5-15/h4-7,13H,8-12H2,1-3H3/t13-/m1/s1. The summed E-state index contributed by atoms with van der Waals surface area (Å²) in [5.74, 6) is 1.31. The second-order valence-electron chi connectivity index (χ2n) is 8.41. The van der Waals surface area contributed by atoms with Crippen LogP contribution in [0.3, 0.4) is 0 Å². The molecule has 0 aliphatic carbocycles. The quantitative estimate of drug-likeness (QED) is 0.585. The molecule has 0 radical (unpaired) electrons. The number of benzene rings is 1. The summed E-state index contributed by atoms with van der Waals surface area (Å²) in [5.41, 5.74) is 1.23. The molecular weight excluding hydrogens is 445 g/mol. The SMILES string of the molecule is Cc1nsc(-c2nc(N3CCN(C)CC3=O)c3n2CCN(C(=O)c2ccc(F)cc2)[C@@H]3C)n1. The zero-order valence-corrected chi connectivity index (χ0v) is 19.5. The van der Waals surface area contributed by atoms with E-state index in [0.717, 1.165) is 12.2 Å². The molecule has 1 saturated heterocycles. The smallest absolute Gasteiger partial charge is 0.254 e. The Balaban J connectivity index is 1.57. The third-order valence-corrected chi connectivity index (χ3v) is 6.96. The average Bonchev–Trinajstić information content (AvgIpc) is 3.38. The Morgan fingerprint density at radius 1 is 1.12 bits per heavy atom. The van der Waals surface area contributed by atoms with Crippen LogP contribution >= 0.6 is 11.5 Å². The molecule has 0 N–H and O–H groups in total. The molecule has 172 valence electrons. The molecule has 2 aliphatic rings. The van der Waals surface area contributed by atoms with Crippen molar-refractivity contribution in [1.82, 2.24) is 28.7 Å². The first-order chi connectivity index (χ1) is 15.8. The number of hydrogen-bond donors (Lipinski definition) is 0. The van der Waals surface area contributed by atoms with Gasteiger partial charge in [0.05, 0.1) is 18.3 Å². The van der Waals surface area contributed by atoms with E-state index in [-0.39, 0.29) is 23.7 Å². The van der Waals surface area contributed by atoms with E-state index in [1.165, 1.54) is 35.8 Å². The lowest BCUT2D eigenvalue weighted by Gasteiger charge is -2.37. The van der Waals surface area contributed by atoms with Crippen LogP contribution in [0.25, 0.3) is 10.8 Å². The third kappa shape index (κ3) is 3.80. The first-order valence-corrected chi connectivity index (χ1v) is 11.6. The van der Waals surface area contributed by atoms with Gasteiger partial charge in [-0.25, -0.2) is 14.4 Å². The molecule has 2 aliphatic heterocycles. The molecule has 0 spiro atoms. The molecular formula is C22H24FN7O2S. The van der Waals surface area contributed by atoms with Crippen LogP contribution in [0.5, 0.6) is 0 Å². The minimum Gasteiger partial charge on any atom is -0.328 e. The van der Waals surface area contributed by atoms with Crippen LogP contribution in [0, 0.1) is 12.7 Å². The number of aromatic nitrogens is 4. The fourth-order valence-electron chi connectivity index (χ4n) is 4.44. The molecule has 1 atom stereocenters. The number of carbonyl (C=O) groups is 2. The maximum Gasteiger partial charge on any atom is 0.254 e. The van der Waals surface area contributed by atoms with Gasteiger partial charge in [-0.3, -0.25) is 19.4 Å². The van der Waals surface area contributed by atoms with E-state index in [9.17, 15) is 14.0 Å². The fourth-order valence-corrected chi connectivity index (χ4v) is 5.11. The van der Waals surface area contributed by atoms with Crippen molar-refractivity contribution in [3.63, 3.8) is 0 Å². The molecule has 1 aromatic carbocycles. The van der Waals surface area contributed by atoms with Gasteiger partial charge >= 0.3 is 0 Å². The number of piperazine rings is 1. The van der Waals surface area contributed by atoms with Gasteiger partial charge in [-0.2, -0.15) is 4.37 Å². The highest BCUT2D eigenvalue weighted by atomic mass is 32.1. The van der Waals surface area contributed by atoms with E-state index >= 15 is 0 Å². The fraction of sp³-hybridized carbons (Fsp3) is 0.409. The summed E-state index contributed by atoms with van der Waals surface area (Å²) in [6.07, 6.45) is 0. The molecule has 11 heteroatoms. The number of likely N-dealkylation sites (N-methyl/N-ethyl adjacent to an activating group) is 1. The van der Waals surface area contributed by atoms with Crippen LogP contribution in [-0.2, 0) is 11.3 Å². The van der Waals surface area contributed by atoms with Crippen LogP contribution in [-0.4, -0.2) is 73.7 Å². The summed E-state index contributed by atoms with van der Waals surface area (Å²) in [6, 6.07) is 5.23. The number of carbonyl (C=O) groups excluding carboxylic acids is 2. The Morgan fingerprint density at radius 2 is 1.88 bits per heavy atom. The number of fused-ring (bicyclic) bond motifs is 1. The average molecular weight is 470 g/mol. The summed E-state index contributed by atoms with van der Waals surface area (Å²) in [4.78, 5) is 41.0. The Kier molecular flexibility index (Phi) is 5.45. The second kappa shape index (κ2) is 8.31. The minimum atomic E-state index is -0.385. The van der Waals surface area contributed by atoms with Crippen molar-refractivity contribution in [2.75, 3.05) is 38.1 Å². The molecule has 5 rings (SSSR count). The number of imidazole rings is 1. The van der Waals surface area contributed by atoms with Gasteiger partial charge in [0.1, 0.15) is 11.6 Å². The van der Waals surface area contributed by atoms with Crippen molar-refractivity contribution in [2.45, 2.75) is 26.4 Å². The van der Waals surface area contributed by atoms with Crippen molar-refractivity contribution in [3.05, 3.63) is 47.2 Å². The first kappa shape index (κ1) is 21.7. The van der Waals surface area contributed by atoms with E-state index in [1.807, 2.05) is 25.8 Å². The Hall–Kier alpha value is -3.18. The molecule has 1 fully saturated rings. The van der Waals surface area contributed by atoms with E-state index in [4.69, 9.17) is 4.98 Å². The lowest BCUT2D eigenvalue weighted by atomic mass is 10.1. The van der Waals surface area contributed by atoms with Crippen molar-refractivity contribution < 1.29 is 14.0 Å². The van der Waals surface area contributed by atoms with Crippen LogP contribution in [0.1, 0.15) is 34.8 Å². The summed E-state index contributed by atoms with van der Waals surface area (Å²) < 4.78 is 19.7. The van der Waals surface area contributed by atoms with Crippen molar-refractivity contribution in [2.24, 2.45) is 0 Å². The molecule has 2 amide bonds. The van der Waals surface area contributed by atoms with Gasteiger partial charge in [0, 0.05) is 31.7 Å². The summed E-state index contributed by atoms with van der Waals surface area (Å²) in [5, 5.41) is 0.687. The Labute approximate surface area is 194 Å². The number of anilines is 1. The van der Waals surface area contributed by atoms with Crippen molar-refractivity contribution >= 4 is 29.2 Å². The van der Waals surface area contributed by atoms with Crippen LogP contribution < -0.4 is 4.90 Å². The lowest BCUT2D eigenvalue weighted by molar-refractivity contribution is -0.120. The van der Waals surface area contributed by atoms with Gasteiger partial charge < -0.3 is 9.47 Å². The second-order valence-corrected chi connectivity index (χ2v) is 9.16. The normalized spacial score (nSPS) is 19.2. The van der Waals surface area contributed by atoms with Gasteiger partial charge in [-0.1, -0.05) is 0 Å². The zero-order chi connectivity index (χ0) is 23.3. The summed E-state index contributed by atoms with van der Waals surface area (Å²) >= 11 is 1.27. The van der Waals surface area contributed by atoms with E-state index in [0.29, 0.717) is 54.2 Å². The molecule has 4 heterocycles. The topological polar surface area (TPSA) is 87.5 Å². The maximum atomic E-state index is 13.4. The molecule has 9 nitrogen and oxygen atoms in total. The number of rotatable bonds is 3. The number of nitrogens with zero attached hydrogens (tertiary/aromatic N) is 7.